The molecule has 104 valence electrons. The number of hydrogen-bond donors (Lipinski definition) is 3. The molecule has 1 aromatic carbocycles. The summed E-state index contributed by atoms with van der Waals surface area (Å²) in [5.74, 6) is -1.27. The van der Waals surface area contributed by atoms with Gasteiger partial charge in [0.25, 0.3) is 5.82 Å². The minimum Gasteiger partial charge on any atom is -0.475 e. The largest absolute Gasteiger partial charge is 0.475 e. The Labute approximate surface area is 119 Å². The number of allylic oxidation sites excluding steroid dienone is 1. The number of nitriles is 1. The van der Waals surface area contributed by atoms with Crippen LogP contribution in [0.1, 0.15) is 22.2 Å². The predicted molar refractivity (Wildman–Crippen MR) is 72.0 cm³/mol. The Kier molecular flexibility index (Phi) is 2.80. The molecule has 1 aromatic heterocycles. The molecule has 1 atom stereocenters. The molecule has 0 saturated carbocycles. The second-order valence-electron chi connectivity index (χ2n) is 4.39. The molecule has 1 aliphatic heterocycles. The summed E-state index contributed by atoms with van der Waals surface area (Å²) in [6.07, 6.45) is 0. The molecule has 0 spiro atoms. The number of rotatable bonds is 2. The van der Waals surface area contributed by atoms with Crippen LogP contribution in [0, 0.1) is 11.3 Å². The average molecular weight is 282 g/mol. The highest BCUT2D eigenvalue weighted by Gasteiger charge is 2.31. The number of nitrogens with one attached hydrogen (secondary N) is 1. The smallest absolute Gasteiger partial charge is 0.375 e. The van der Waals surface area contributed by atoms with Gasteiger partial charge in [-0.05, 0) is 5.56 Å². The number of carbonyl (C=O) groups is 1. The first-order valence-electron chi connectivity index (χ1n) is 6.03. The number of anilines is 1. The second-order valence-corrected chi connectivity index (χ2v) is 4.39. The number of benzene rings is 1. The van der Waals surface area contributed by atoms with Crippen LogP contribution in [0.25, 0.3) is 0 Å². The molecule has 1 aliphatic rings. The van der Waals surface area contributed by atoms with E-state index in [-0.39, 0.29) is 23.2 Å². The van der Waals surface area contributed by atoms with Gasteiger partial charge in [-0.3, -0.25) is 0 Å². The Morgan fingerprint density at radius 1 is 1.43 bits per heavy atom. The number of fused-ring (bicyclic) bond motifs is 1. The van der Waals surface area contributed by atoms with Crippen molar-refractivity contribution in [3.63, 3.8) is 0 Å². The van der Waals surface area contributed by atoms with Gasteiger partial charge in [-0.15, -0.1) is 5.10 Å². The average Bonchev–Trinajstić information content (AvgIpc) is 2.90. The molecule has 0 radical (unpaired) electrons. The van der Waals surface area contributed by atoms with Crippen molar-refractivity contribution < 1.29 is 9.90 Å². The molecule has 0 aliphatic carbocycles. The maximum atomic E-state index is 11.0. The highest BCUT2D eigenvalue weighted by Crippen LogP contribution is 2.32. The Balaban J connectivity index is 2.21. The predicted octanol–water partition coefficient (Wildman–Crippen LogP) is 0.685. The van der Waals surface area contributed by atoms with Gasteiger partial charge in [0.15, 0.2) is 0 Å². The van der Waals surface area contributed by atoms with E-state index in [1.54, 1.807) is 0 Å². The molecular weight excluding hydrogens is 272 g/mol. The Morgan fingerprint density at radius 2 is 2.14 bits per heavy atom. The van der Waals surface area contributed by atoms with Crippen molar-refractivity contribution in [2.24, 2.45) is 5.73 Å². The maximum Gasteiger partial charge on any atom is 0.375 e. The molecule has 0 unspecified atom stereocenters. The third-order valence-electron chi connectivity index (χ3n) is 3.11. The summed E-state index contributed by atoms with van der Waals surface area (Å²) in [7, 11) is 0. The van der Waals surface area contributed by atoms with Crippen molar-refractivity contribution in [1.82, 2.24) is 14.8 Å². The molecule has 8 heteroatoms. The van der Waals surface area contributed by atoms with Gasteiger partial charge in [0, 0.05) is 0 Å². The lowest BCUT2D eigenvalue weighted by Crippen LogP contribution is -2.28. The molecule has 2 aromatic rings. The summed E-state index contributed by atoms with van der Waals surface area (Å²) in [5, 5.41) is 25.0. The fourth-order valence-corrected chi connectivity index (χ4v) is 2.20. The third kappa shape index (κ3) is 1.97. The van der Waals surface area contributed by atoms with E-state index in [1.807, 2.05) is 36.4 Å². The van der Waals surface area contributed by atoms with E-state index in [2.05, 4.69) is 15.4 Å². The first-order valence-corrected chi connectivity index (χ1v) is 6.03. The number of carboxylic acid groups (broad SMARTS) is 1. The summed E-state index contributed by atoms with van der Waals surface area (Å²) in [6, 6.07) is 10.5. The summed E-state index contributed by atoms with van der Waals surface area (Å²) in [6.45, 7) is 0. The Bertz CT molecular complexity index is 787. The SMILES string of the molecule is N#CC1=C(N)Nc2nc(C(=O)O)nn2[C@@H]1c1ccccc1. The first kappa shape index (κ1) is 12.7. The van der Waals surface area contributed by atoms with Gasteiger partial charge in [-0.2, -0.15) is 10.2 Å². The van der Waals surface area contributed by atoms with E-state index in [0.29, 0.717) is 0 Å². The van der Waals surface area contributed by atoms with Crippen molar-refractivity contribution in [2.75, 3.05) is 5.32 Å². The molecule has 21 heavy (non-hydrogen) atoms. The topological polar surface area (TPSA) is 130 Å². The van der Waals surface area contributed by atoms with Crippen LogP contribution >= 0.6 is 0 Å². The summed E-state index contributed by atoms with van der Waals surface area (Å²) < 4.78 is 1.35. The van der Waals surface area contributed by atoms with Crippen LogP contribution in [0.3, 0.4) is 0 Å². The number of hydrogen-bond acceptors (Lipinski definition) is 6. The van der Waals surface area contributed by atoms with Crippen LogP contribution in [0.4, 0.5) is 5.95 Å². The summed E-state index contributed by atoms with van der Waals surface area (Å²) in [5.41, 5.74) is 6.86. The number of nitrogens with zero attached hydrogens (tertiary/aromatic N) is 4. The van der Waals surface area contributed by atoms with E-state index in [1.165, 1.54) is 4.68 Å². The number of aromatic carboxylic acids is 1. The molecule has 0 bridgehead atoms. The van der Waals surface area contributed by atoms with Crippen molar-refractivity contribution in [3.8, 4) is 6.07 Å². The van der Waals surface area contributed by atoms with Crippen LogP contribution in [0.5, 0.6) is 0 Å². The summed E-state index contributed by atoms with van der Waals surface area (Å²) >= 11 is 0. The molecule has 4 N–H and O–H groups in total. The minimum atomic E-state index is -1.25. The van der Waals surface area contributed by atoms with Crippen LogP contribution in [0.2, 0.25) is 0 Å². The van der Waals surface area contributed by atoms with E-state index < -0.39 is 12.0 Å². The molecule has 3 rings (SSSR count). The number of nitrogens with two attached hydrogens (primary N) is 1. The normalized spacial score (nSPS) is 16.8. The van der Waals surface area contributed by atoms with Crippen LogP contribution in [0.15, 0.2) is 41.7 Å². The molecule has 0 amide bonds. The lowest BCUT2D eigenvalue weighted by Gasteiger charge is -2.25. The number of carboxylic acids is 1. The van der Waals surface area contributed by atoms with E-state index >= 15 is 0 Å². The first-order chi connectivity index (χ1) is 10.1. The second kappa shape index (κ2) is 4.64. The van der Waals surface area contributed by atoms with E-state index in [9.17, 15) is 10.1 Å². The zero-order valence-electron chi connectivity index (χ0n) is 10.7. The molecule has 0 fully saturated rings. The zero-order chi connectivity index (χ0) is 15.0. The highest BCUT2D eigenvalue weighted by molar-refractivity contribution is 5.83. The van der Waals surface area contributed by atoms with Gasteiger partial charge in [0.1, 0.15) is 17.9 Å². The quantitative estimate of drug-likeness (QED) is 0.738. The molecule has 0 saturated heterocycles. The third-order valence-corrected chi connectivity index (χ3v) is 3.11. The van der Waals surface area contributed by atoms with Crippen LogP contribution in [-0.4, -0.2) is 25.8 Å². The lowest BCUT2D eigenvalue weighted by atomic mass is 9.98. The van der Waals surface area contributed by atoms with Gasteiger partial charge >= 0.3 is 5.97 Å². The monoisotopic (exact) mass is 282 g/mol. The fraction of sp³-hybridized carbons (Fsp3) is 0.0769. The van der Waals surface area contributed by atoms with Gasteiger partial charge in [0.2, 0.25) is 5.95 Å². The van der Waals surface area contributed by atoms with Crippen molar-refractivity contribution in [3.05, 3.63) is 53.1 Å². The standard InChI is InChI=1S/C13H10N6O2/c14-6-8-9(7-4-2-1-3-5-7)19-13(16-10(8)15)17-11(18-19)12(20)21/h1-5,9H,15H2,(H,20,21)(H,16,17,18)/t9-/m1/s1. The molecule has 8 nitrogen and oxygen atoms in total. The van der Waals surface area contributed by atoms with Crippen molar-refractivity contribution in [2.45, 2.75) is 6.04 Å². The van der Waals surface area contributed by atoms with Gasteiger partial charge < -0.3 is 16.2 Å². The lowest BCUT2D eigenvalue weighted by molar-refractivity contribution is 0.0683. The van der Waals surface area contributed by atoms with Gasteiger partial charge in [0.05, 0.1) is 5.57 Å². The van der Waals surface area contributed by atoms with Crippen LogP contribution < -0.4 is 11.1 Å². The van der Waals surface area contributed by atoms with Crippen molar-refractivity contribution in [1.29, 1.82) is 5.26 Å². The van der Waals surface area contributed by atoms with Gasteiger partial charge in [-0.25, -0.2) is 9.48 Å². The summed E-state index contributed by atoms with van der Waals surface area (Å²) in [4.78, 5) is 14.9. The zero-order valence-corrected chi connectivity index (χ0v) is 10.7. The Hall–Kier alpha value is -3.34. The molecule has 2 heterocycles. The van der Waals surface area contributed by atoms with Gasteiger partial charge in [-0.1, -0.05) is 30.3 Å². The molecular formula is C13H10N6O2. The highest BCUT2D eigenvalue weighted by atomic mass is 16.4. The fourth-order valence-electron chi connectivity index (χ4n) is 2.20. The van der Waals surface area contributed by atoms with Crippen LogP contribution in [-0.2, 0) is 0 Å². The maximum absolute atomic E-state index is 11.0. The van der Waals surface area contributed by atoms with E-state index in [0.717, 1.165) is 5.56 Å². The minimum absolute atomic E-state index is 0.142. The Morgan fingerprint density at radius 3 is 2.76 bits per heavy atom. The van der Waals surface area contributed by atoms with E-state index in [4.69, 9.17) is 10.8 Å². The van der Waals surface area contributed by atoms with Crippen molar-refractivity contribution >= 4 is 11.9 Å². The number of aromatic nitrogens is 3.